The van der Waals surface area contributed by atoms with Gasteiger partial charge < -0.3 is 10.0 Å². The SMILES string of the molecule is Cc1nc(N2C3CCC2CC(O)C3)cc2n[nH]c(=O)n12. The van der Waals surface area contributed by atoms with Crippen LogP contribution in [0.4, 0.5) is 5.82 Å². The Balaban J connectivity index is 1.81. The molecule has 2 saturated heterocycles. The Morgan fingerprint density at radius 1 is 1.35 bits per heavy atom. The monoisotopic (exact) mass is 275 g/mol. The Morgan fingerprint density at radius 3 is 2.75 bits per heavy atom. The van der Waals surface area contributed by atoms with Crippen LogP contribution in [-0.4, -0.2) is 42.9 Å². The van der Waals surface area contributed by atoms with E-state index in [1.54, 1.807) is 0 Å². The van der Waals surface area contributed by atoms with Gasteiger partial charge in [-0.2, -0.15) is 5.10 Å². The van der Waals surface area contributed by atoms with Crippen molar-refractivity contribution in [3.05, 3.63) is 22.4 Å². The standard InChI is InChI=1S/C13H17N5O2/c1-7-14-11(6-12-15-16-13(20)17(7)12)18-8-2-3-9(18)5-10(19)4-8/h6,8-10,19H,2-5H2,1H3,(H,16,20). The molecule has 2 atom stereocenters. The summed E-state index contributed by atoms with van der Waals surface area (Å²) in [5, 5.41) is 16.4. The molecule has 2 aromatic heterocycles. The van der Waals surface area contributed by atoms with Crippen LogP contribution in [0.3, 0.4) is 0 Å². The molecule has 0 saturated carbocycles. The average molecular weight is 275 g/mol. The topological polar surface area (TPSA) is 86.5 Å². The molecule has 2 unspecified atom stereocenters. The van der Waals surface area contributed by atoms with Gasteiger partial charge in [-0.15, -0.1) is 0 Å². The summed E-state index contributed by atoms with van der Waals surface area (Å²) in [5.41, 5.74) is 0.344. The van der Waals surface area contributed by atoms with E-state index in [9.17, 15) is 9.90 Å². The maximum absolute atomic E-state index is 11.6. The Labute approximate surface area is 115 Å². The number of nitrogens with zero attached hydrogens (tertiary/aromatic N) is 4. The van der Waals surface area contributed by atoms with Crippen molar-refractivity contribution in [3.8, 4) is 0 Å². The minimum Gasteiger partial charge on any atom is -0.393 e. The molecule has 2 aliphatic heterocycles. The van der Waals surface area contributed by atoms with Crippen LogP contribution in [-0.2, 0) is 0 Å². The first-order chi connectivity index (χ1) is 9.63. The zero-order chi connectivity index (χ0) is 13.9. The zero-order valence-electron chi connectivity index (χ0n) is 11.3. The van der Waals surface area contributed by atoms with Crippen LogP contribution in [0.25, 0.3) is 5.65 Å². The molecule has 2 fully saturated rings. The van der Waals surface area contributed by atoms with E-state index in [2.05, 4.69) is 20.1 Å². The molecule has 106 valence electrons. The van der Waals surface area contributed by atoms with Crippen LogP contribution in [0.15, 0.2) is 10.9 Å². The second-order valence-electron chi connectivity index (χ2n) is 5.80. The number of aryl methyl sites for hydroxylation is 1. The first-order valence-corrected chi connectivity index (χ1v) is 7.04. The lowest BCUT2D eigenvalue weighted by molar-refractivity contribution is 0.126. The van der Waals surface area contributed by atoms with Crippen LogP contribution in [0.5, 0.6) is 0 Å². The maximum Gasteiger partial charge on any atom is 0.349 e. The summed E-state index contributed by atoms with van der Waals surface area (Å²) >= 11 is 0. The summed E-state index contributed by atoms with van der Waals surface area (Å²) < 4.78 is 1.48. The number of anilines is 1. The second-order valence-corrected chi connectivity index (χ2v) is 5.80. The molecule has 0 spiro atoms. The van der Waals surface area contributed by atoms with Crippen LogP contribution < -0.4 is 10.6 Å². The number of H-pyrrole nitrogens is 1. The Hall–Kier alpha value is -1.89. The molecule has 2 bridgehead atoms. The first-order valence-electron chi connectivity index (χ1n) is 7.04. The molecule has 4 heterocycles. The number of hydrogen-bond donors (Lipinski definition) is 2. The van der Waals surface area contributed by atoms with Crippen molar-refractivity contribution in [1.29, 1.82) is 0 Å². The normalized spacial score (nSPS) is 29.3. The van der Waals surface area contributed by atoms with Crippen LogP contribution in [0.1, 0.15) is 31.5 Å². The number of aromatic nitrogens is 4. The fourth-order valence-electron chi connectivity index (χ4n) is 3.74. The van der Waals surface area contributed by atoms with Crippen molar-refractivity contribution in [3.63, 3.8) is 0 Å². The number of aromatic amines is 1. The highest BCUT2D eigenvalue weighted by Gasteiger charge is 2.41. The van der Waals surface area contributed by atoms with E-state index in [4.69, 9.17) is 0 Å². The van der Waals surface area contributed by atoms with Gasteiger partial charge in [-0.3, -0.25) is 0 Å². The van der Waals surface area contributed by atoms with Crippen molar-refractivity contribution in [2.75, 3.05) is 4.90 Å². The minimum absolute atomic E-state index is 0.193. The lowest BCUT2D eigenvalue weighted by atomic mass is 10.00. The summed E-state index contributed by atoms with van der Waals surface area (Å²) in [7, 11) is 0. The van der Waals surface area contributed by atoms with Gasteiger partial charge in [0.15, 0.2) is 5.65 Å². The third-order valence-electron chi connectivity index (χ3n) is 4.53. The number of hydrogen-bond acceptors (Lipinski definition) is 5. The Morgan fingerprint density at radius 2 is 2.05 bits per heavy atom. The fourth-order valence-corrected chi connectivity index (χ4v) is 3.74. The molecule has 2 aliphatic rings. The number of piperidine rings is 1. The molecule has 0 amide bonds. The lowest BCUT2D eigenvalue weighted by Gasteiger charge is -2.38. The third kappa shape index (κ3) is 1.59. The third-order valence-corrected chi connectivity index (χ3v) is 4.53. The van der Waals surface area contributed by atoms with E-state index in [0.717, 1.165) is 31.5 Å². The van der Waals surface area contributed by atoms with Crippen molar-refractivity contribution in [2.24, 2.45) is 0 Å². The summed E-state index contributed by atoms with van der Waals surface area (Å²) in [5.74, 6) is 1.51. The average Bonchev–Trinajstić information content (AvgIpc) is 2.89. The smallest absolute Gasteiger partial charge is 0.349 e. The predicted molar refractivity (Wildman–Crippen MR) is 72.9 cm³/mol. The number of aliphatic hydroxyl groups is 1. The molecule has 7 heteroatoms. The van der Waals surface area contributed by atoms with Gasteiger partial charge in [0, 0.05) is 18.2 Å². The highest BCUT2D eigenvalue weighted by Crippen LogP contribution is 2.38. The number of fused-ring (bicyclic) bond motifs is 3. The second kappa shape index (κ2) is 4.05. The molecule has 2 N–H and O–H groups in total. The van der Waals surface area contributed by atoms with E-state index in [-0.39, 0.29) is 11.8 Å². The zero-order valence-corrected chi connectivity index (χ0v) is 11.3. The molecule has 0 radical (unpaired) electrons. The molecular weight excluding hydrogens is 258 g/mol. The van der Waals surface area contributed by atoms with E-state index in [1.807, 2.05) is 13.0 Å². The number of rotatable bonds is 1. The van der Waals surface area contributed by atoms with Crippen LogP contribution >= 0.6 is 0 Å². The summed E-state index contributed by atoms with van der Waals surface area (Å²) in [6, 6.07) is 2.56. The van der Waals surface area contributed by atoms with Crippen molar-refractivity contribution in [1.82, 2.24) is 19.6 Å². The van der Waals surface area contributed by atoms with Crippen molar-refractivity contribution < 1.29 is 5.11 Å². The van der Waals surface area contributed by atoms with Gasteiger partial charge in [0.2, 0.25) is 0 Å². The van der Waals surface area contributed by atoms with E-state index >= 15 is 0 Å². The Bertz CT molecular complexity index is 707. The Kier molecular flexibility index (Phi) is 2.41. The van der Waals surface area contributed by atoms with E-state index in [1.165, 1.54) is 4.40 Å². The first kappa shape index (κ1) is 11.9. The number of aliphatic hydroxyl groups excluding tert-OH is 1. The van der Waals surface area contributed by atoms with Gasteiger partial charge in [0.25, 0.3) is 0 Å². The molecule has 0 aromatic carbocycles. The van der Waals surface area contributed by atoms with E-state index < -0.39 is 0 Å². The summed E-state index contributed by atoms with van der Waals surface area (Å²) in [6.07, 6.45) is 3.61. The molecule has 0 aliphatic carbocycles. The summed E-state index contributed by atoms with van der Waals surface area (Å²) in [6.45, 7) is 1.81. The largest absolute Gasteiger partial charge is 0.393 e. The molecule has 20 heavy (non-hydrogen) atoms. The van der Waals surface area contributed by atoms with Crippen LogP contribution in [0, 0.1) is 6.92 Å². The van der Waals surface area contributed by atoms with Gasteiger partial charge in [0.1, 0.15) is 11.6 Å². The van der Waals surface area contributed by atoms with Crippen molar-refractivity contribution >= 4 is 11.5 Å². The summed E-state index contributed by atoms with van der Waals surface area (Å²) in [4.78, 5) is 18.5. The van der Waals surface area contributed by atoms with Gasteiger partial charge in [-0.05, 0) is 32.6 Å². The minimum atomic E-state index is -0.256. The molecule has 7 nitrogen and oxygen atoms in total. The maximum atomic E-state index is 11.6. The molecular formula is C13H17N5O2. The lowest BCUT2D eigenvalue weighted by Crippen LogP contribution is -2.45. The molecule has 4 rings (SSSR count). The van der Waals surface area contributed by atoms with Gasteiger partial charge in [-0.25, -0.2) is 19.3 Å². The van der Waals surface area contributed by atoms with Crippen molar-refractivity contribution in [2.45, 2.75) is 50.8 Å². The van der Waals surface area contributed by atoms with Gasteiger partial charge in [0.05, 0.1) is 6.10 Å². The highest BCUT2D eigenvalue weighted by molar-refractivity contribution is 5.53. The number of nitrogens with one attached hydrogen (secondary N) is 1. The molecule has 2 aromatic rings. The quantitative estimate of drug-likeness (QED) is 0.777. The van der Waals surface area contributed by atoms with Gasteiger partial charge >= 0.3 is 5.69 Å². The predicted octanol–water partition coefficient (Wildman–Crippen LogP) is 0.218. The highest BCUT2D eigenvalue weighted by atomic mass is 16.3. The fraction of sp³-hybridized carbons (Fsp3) is 0.615. The van der Waals surface area contributed by atoms with Crippen LogP contribution in [0.2, 0.25) is 0 Å². The van der Waals surface area contributed by atoms with Gasteiger partial charge in [-0.1, -0.05) is 0 Å². The van der Waals surface area contributed by atoms with E-state index in [0.29, 0.717) is 23.6 Å².